The van der Waals surface area contributed by atoms with Gasteiger partial charge in [0.25, 0.3) is 5.92 Å². The summed E-state index contributed by atoms with van der Waals surface area (Å²) >= 11 is 1.27. The van der Waals surface area contributed by atoms with Crippen LogP contribution in [0.5, 0.6) is 5.75 Å². The van der Waals surface area contributed by atoms with Gasteiger partial charge < -0.3 is 9.47 Å². The van der Waals surface area contributed by atoms with E-state index in [1.54, 1.807) is 19.1 Å². The number of hydrogen-bond donors (Lipinski definition) is 0. The van der Waals surface area contributed by atoms with Gasteiger partial charge in [0.15, 0.2) is 0 Å². The van der Waals surface area contributed by atoms with Crippen molar-refractivity contribution in [1.82, 2.24) is 4.98 Å². The fraction of sp³-hybridized carbons (Fsp3) is 0.581. The molecule has 0 fully saturated rings. The van der Waals surface area contributed by atoms with E-state index in [0.717, 1.165) is 63.9 Å². The van der Waals surface area contributed by atoms with Crippen LogP contribution in [0.15, 0.2) is 18.2 Å². The van der Waals surface area contributed by atoms with Crippen molar-refractivity contribution in [3.63, 3.8) is 0 Å². The van der Waals surface area contributed by atoms with Crippen LogP contribution in [0.4, 0.5) is 8.78 Å². The van der Waals surface area contributed by atoms with Gasteiger partial charge in [0.1, 0.15) is 21.7 Å². The summed E-state index contributed by atoms with van der Waals surface area (Å²) < 4.78 is 36.6. The lowest BCUT2D eigenvalue weighted by atomic mass is 10.1. The Kier molecular flexibility index (Phi) is 14.0. The molecule has 0 aliphatic heterocycles. The zero-order valence-electron chi connectivity index (χ0n) is 23.6. The molecule has 39 heavy (non-hydrogen) atoms. The molecule has 0 N–H and O–H groups in total. The maximum absolute atomic E-state index is 12.7. The van der Waals surface area contributed by atoms with Crippen molar-refractivity contribution in [3.8, 4) is 34.2 Å². The molecule has 0 aliphatic rings. The van der Waals surface area contributed by atoms with Crippen LogP contribution in [0, 0.1) is 36.0 Å². The maximum Gasteiger partial charge on any atom is 0.350 e. The van der Waals surface area contributed by atoms with Crippen LogP contribution in [0.1, 0.15) is 106 Å². The molecule has 0 aliphatic carbocycles. The Morgan fingerprint density at radius 3 is 2.38 bits per heavy atom. The van der Waals surface area contributed by atoms with Crippen LogP contribution < -0.4 is 4.74 Å². The fourth-order valence-corrected chi connectivity index (χ4v) is 4.71. The minimum absolute atomic E-state index is 0.354. The number of unbranched alkanes of at least 4 members (excludes halogenated alkanes) is 8. The van der Waals surface area contributed by atoms with Crippen molar-refractivity contribution in [2.75, 3.05) is 13.2 Å². The minimum atomic E-state index is -2.70. The second-order valence-corrected chi connectivity index (χ2v) is 11.3. The monoisotopic (exact) mass is 558 g/mol. The molecular weight excluding hydrogens is 518 g/mol. The standard InChI is InChI=1S/C31H40F2N2O3S/c1-23(2)22-38-27-17-16-25(20-26(27)21-34)29-35-24(3)28(39-29)30(36)37-19-15-13-11-9-7-5-6-8-10-12-14-18-31(4,32)33/h16-17,20,23H,5-11,13,15,18-19,22H2,1-4H3. The number of benzene rings is 1. The normalized spacial score (nSPS) is 11.1. The van der Waals surface area contributed by atoms with E-state index < -0.39 is 5.92 Å². The van der Waals surface area contributed by atoms with Crippen molar-refractivity contribution in [2.45, 2.75) is 97.8 Å². The number of carbonyl (C=O) groups is 1. The van der Waals surface area contributed by atoms with Gasteiger partial charge in [0.05, 0.1) is 30.9 Å². The average molecular weight is 559 g/mol. The molecule has 1 aromatic heterocycles. The number of alkyl halides is 2. The van der Waals surface area contributed by atoms with E-state index in [-0.39, 0.29) is 12.4 Å². The quantitative estimate of drug-likeness (QED) is 0.117. The van der Waals surface area contributed by atoms with Gasteiger partial charge in [-0.25, -0.2) is 18.6 Å². The topological polar surface area (TPSA) is 72.2 Å². The van der Waals surface area contributed by atoms with Crippen LogP contribution in [-0.2, 0) is 4.74 Å². The predicted molar refractivity (Wildman–Crippen MR) is 152 cm³/mol. The second-order valence-electron chi connectivity index (χ2n) is 10.3. The molecular formula is C31H40F2N2O3S. The van der Waals surface area contributed by atoms with Gasteiger partial charge in [-0.3, -0.25) is 0 Å². The van der Waals surface area contributed by atoms with Gasteiger partial charge in [-0.1, -0.05) is 58.3 Å². The van der Waals surface area contributed by atoms with Crippen LogP contribution in [0.2, 0.25) is 0 Å². The number of aromatic nitrogens is 1. The molecule has 1 aromatic carbocycles. The van der Waals surface area contributed by atoms with Gasteiger partial charge in [-0.05, 0) is 43.9 Å². The van der Waals surface area contributed by atoms with Gasteiger partial charge in [-0.2, -0.15) is 5.26 Å². The van der Waals surface area contributed by atoms with Crippen molar-refractivity contribution in [3.05, 3.63) is 34.3 Å². The molecule has 0 atom stereocenters. The summed E-state index contributed by atoms with van der Waals surface area (Å²) in [6.45, 7) is 7.69. The Morgan fingerprint density at radius 2 is 1.74 bits per heavy atom. The molecule has 2 rings (SSSR count). The molecule has 0 amide bonds. The lowest BCUT2D eigenvalue weighted by Gasteiger charge is -2.10. The zero-order chi connectivity index (χ0) is 28.7. The molecule has 212 valence electrons. The Morgan fingerprint density at radius 1 is 1.08 bits per heavy atom. The highest BCUT2D eigenvalue weighted by molar-refractivity contribution is 7.17. The van der Waals surface area contributed by atoms with Crippen molar-refractivity contribution < 1.29 is 23.0 Å². The predicted octanol–water partition coefficient (Wildman–Crippen LogP) is 8.74. The van der Waals surface area contributed by atoms with E-state index in [1.807, 2.05) is 19.9 Å². The van der Waals surface area contributed by atoms with E-state index in [2.05, 4.69) is 22.9 Å². The van der Waals surface area contributed by atoms with Gasteiger partial charge >= 0.3 is 5.97 Å². The lowest BCUT2D eigenvalue weighted by Crippen LogP contribution is -2.06. The summed E-state index contributed by atoms with van der Waals surface area (Å²) in [7, 11) is 0. The first kappa shape index (κ1) is 32.2. The van der Waals surface area contributed by atoms with Gasteiger partial charge in [0, 0.05) is 18.9 Å². The van der Waals surface area contributed by atoms with Crippen LogP contribution in [-0.4, -0.2) is 30.1 Å². The number of nitrogens with zero attached hydrogens (tertiary/aromatic N) is 2. The number of rotatable bonds is 16. The zero-order valence-corrected chi connectivity index (χ0v) is 24.4. The molecule has 0 spiro atoms. The number of aryl methyl sites for hydroxylation is 1. The third-order valence-corrected chi connectivity index (χ3v) is 7.04. The number of thiazole rings is 1. The number of esters is 1. The summed E-state index contributed by atoms with van der Waals surface area (Å²) in [6, 6.07) is 7.56. The molecule has 0 saturated heterocycles. The molecule has 0 unspecified atom stereocenters. The first-order chi connectivity index (χ1) is 18.6. The Labute approximate surface area is 235 Å². The maximum atomic E-state index is 12.7. The average Bonchev–Trinajstić information content (AvgIpc) is 3.28. The molecule has 2 aromatic rings. The third kappa shape index (κ3) is 12.6. The largest absolute Gasteiger partial charge is 0.492 e. The number of halogens is 2. The summed E-state index contributed by atoms with van der Waals surface area (Å²) in [6.07, 6.45) is 8.64. The van der Waals surface area contributed by atoms with E-state index in [1.165, 1.54) is 11.3 Å². The fourth-order valence-electron chi connectivity index (χ4n) is 3.75. The van der Waals surface area contributed by atoms with Crippen molar-refractivity contribution in [1.29, 1.82) is 5.26 Å². The Hall–Kier alpha value is -2.97. The SMILES string of the molecule is Cc1nc(-c2ccc(OCC(C)C)c(C#N)c2)sc1C(=O)OCCCCCCCCCCC#CCC(C)(F)F. The smallest absolute Gasteiger partial charge is 0.350 e. The summed E-state index contributed by atoms with van der Waals surface area (Å²) in [5.74, 6) is 3.21. The number of carbonyl (C=O) groups excluding carboxylic acids is 1. The third-order valence-electron chi connectivity index (χ3n) is 5.85. The first-order valence-corrected chi connectivity index (χ1v) is 14.6. The number of ether oxygens (including phenoxy) is 2. The highest BCUT2D eigenvalue weighted by Gasteiger charge is 2.19. The lowest BCUT2D eigenvalue weighted by molar-refractivity contribution is 0.0278. The summed E-state index contributed by atoms with van der Waals surface area (Å²) in [5, 5.41) is 10.2. The summed E-state index contributed by atoms with van der Waals surface area (Å²) in [4.78, 5) is 17.6. The molecule has 5 nitrogen and oxygen atoms in total. The molecule has 0 radical (unpaired) electrons. The van der Waals surface area contributed by atoms with Crippen LogP contribution in [0.25, 0.3) is 10.6 Å². The number of hydrogen-bond acceptors (Lipinski definition) is 6. The number of nitriles is 1. The summed E-state index contributed by atoms with van der Waals surface area (Å²) in [5.41, 5.74) is 1.83. The molecule has 8 heteroatoms. The van der Waals surface area contributed by atoms with Gasteiger partial charge in [0.2, 0.25) is 0 Å². The van der Waals surface area contributed by atoms with Gasteiger partial charge in [-0.15, -0.1) is 17.3 Å². The molecule has 0 bridgehead atoms. The minimum Gasteiger partial charge on any atom is -0.492 e. The Bertz CT molecular complexity index is 1150. The van der Waals surface area contributed by atoms with E-state index in [0.29, 0.717) is 52.4 Å². The van der Waals surface area contributed by atoms with E-state index in [9.17, 15) is 18.8 Å². The van der Waals surface area contributed by atoms with Crippen molar-refractivity contribution >= 4 is 17.3 Å². The molecule has 1 heterocycles. The van der Waals surface area contributed by atoms with Crippen LogP contribution >= 0.6 is 11.3 Å². The Balaban J connectivity index is 1.66. The van der Waals surface area contributed by atoms with Crippen LogP contribution in [0.3, 0.4) is 0 Å². The first-order valence-electron chi connectivity index (χ1n) is 13.8. The van der Waals surface area contributed by atoms with E-state index >= 15 is 0 Å². The second kappa shape index (κ2) is 16.9. The van der Waals surface area contributed by atoms with E-state index in [4.69, 9.17) is 9.47 Å². The molecule has 0 saturated carbocycles. The van der Waals surface area contributed by atoms with Crippen molar-refractivity contribution in [2.24, 2.45) is 5.92 Å². The highest BCUT2D eigenvalue weighted by Crippen LogP contribution is 2.32. The highest BCUT2D eigenvalue weighted by atomic mass is 32.1.